The number of likely N-dealkylation sites (tertiary alicyclic amines) is 1. The Bertz CT molecular complexity index is 531. The van der Waals surface area contributed by atoms with Crippen molar-refractivity contribution in [2.45, 2.75) is 39.3 Å². The van der Waals surface area contributed by atoms with Crippen molar-refractivity contribution in [1.82, 2.24) is 10.1 Å². The molecule has 0 spiro atoms. The number of aromatic nitrogens is 1. The van der Waals surface area contributed by atoms with Gasteiger partial charge in [-0.3, -0.25) is 4.90 Å². The van der Waals surface area contributed by atoms with E-state index in [1.54, 1.807) is 0 Å². The maximum Gasteiger partial charge on any atom is 0.154 e. The van der Waals surface area contributed by atoms with Crippen molar-refractivity contribution >= 4 is 11.3 Å². The minimum absolute atomic E-state index is 0.410. The molecule has 3 nitrogen and oxygen atoms in total. The lowest BCUT2D eigenvalue weighted by Crippen LogP contribution is -2.22. The van der Waals surface area contributed by atoms with E-state index in [0.29, 0.717) is 6.04 Å². The van der Waals surface area contributed by atoms with E-state index in [4.69, 9.17) is 4.52 Å². The molecule has 1 saturated heterocycles. The minimum atomic E-state index is 0.410. The summed E-state index contributed by atoms with van der Waals surface area (Å²) in [6, 6.07) is 4.68. The molecule has 96 valence electrons. The summed E-state index contributed by atoms with van der Waals surface area (Å²) >= 11 is 1.85. The highest BCUT2D eigenvalue weighted by atomic mass is 32.1. The Morgan fingerprint density at radius 2 is 2.39 bits per heavy atom. The zero-order valence-electron chi connectivity index (χ0n) is 10.8. The highest BCUT2D eigenvalue weighted by Crippen LogP contribution is 2.34. The lowest BCUT2D eigenvalue weighted by Gasteiger charge is -2.21. The highest BCUT2D eigenvalue weighted by molar-refractivity contribution is 7.10. The SMILES string of the molecule is Cc1cc(C2CCCN2Cc2sccc2C)on1. The number of aryl methyl sites for hydroxylation is 2. The molecule has 0 bridgehead atoms. The normalized spacial score (nSPS) is 20.7. The van der Waals surface area contributed by atoms with Gasteiger partial charge in [0.1, 0.15) is 0 Å². The van der Waals surface area contributed by atoms with Crippen molar-refractivity contribution in [3.05, 3.63) is 39.4 Å². The lowest BCUT2D eigenvalue weighted by atomic mass is 10.1. The Morgan fingerprint density at radius 3 is 3.06 bits per heavy atom. The number of rotatable bonds is 3. The smallest absolute Gasteiger partial charge is 0.154 e. The van der Waals surface area contributed by atoms with Crippen LogP contribution in [0.15, 0.2) is 22.0 Å². The average molecular weight is 262 g/mol. The van der Waals surface area contributed by atoms with Crippen LogP contribution >= 0.6 is 11.3 Å². The first-order chi connectivity index (χ1) is 8.74. The van der Waals surface area contributed by atoms with Gasteiger partial charge < -0.3 is 4.52 Å². The van der Waals surface area contributed by atoms with Crippen molar-refractivity contribution in [3.63, 3.8) is 0 Å². The summed E-state index contributed by atoms with van der Waals surface area (Å²) < 4.78 is 5.44. The third-order valence-corrected chi connectivity index (χ3v) is 4.66. The first kappa shape index (κ1) is 11.9. The summed E-state index contributed by atoms with van der Waals surface area (Å²) in [5, 5.41) is 6.19. The molecule has 1 atom stereocenters. The summed E-state index contributed by atoms with van der Waals surface area (Å²) in [5.74, 6) is 1.03. The summed E-state index contributed by atoms with van der Waals surface area (Å²) in [7, 11) is 0. The van der Waals surface area contributed by atoms with Gasteiger partial charge in [0, 0.05) is 17.5 Å². The molecule has 1 unspecified atom stereocenters. The van der Waals surface area contributed by atoms with Crippen LogP contribution in [0.4, 0.5) is 0 Å². The van der Waals surface area contributed by atoms with Gasteiger partial charge in [-0.15, -0.1) is 11.3 Å². The Morgan fingerprint density at radius 1 is 1.50 bits per heavy atom. The Balaban J connectivity index is 1.77. The molecule has 0 radical (unpaired) electrons. The fraction of sp³-hybridized carbons (Fsp3) is 0.500. The number of hydrogen-bond acceptors (Lipinski definition) is 4. The number of hydrogen-bond donors (Lipinski definition) is 0. The van der Waals surface area contributed by atoms with Gasteiger partial charge >= 0.3 is 0 Å². The van der Waals surface area contributed by atoms with Gasteiger partial charge in [-0.05, 0) is 50.2 Å². The largest absolute Gasteiger partial charge is 0.359 e. The van der Waals surface area contributed by atoms with Crippen LogP contribution in [-0.4, -0.2) is 16.6 Å². The second-order valence-corrected chi connectivity index (χ2v) is 6.03. The van der Waals surface area contributed by atoms with Gasteiger partial charge in [0.25, 0.3) is 0 Å². The second-order valence-electron chi connectivity index (χ2n) is 5.03. The summed E-state index contributed by atoms with van der Waals surface area (Å²) in [6.45, 7) is 6.36. The molecule has 1 aliphatic heterocycles. The van der Waals surface area contributed by atoms with Crippen LogP contribution in [0.1, 0.15) is 40.8 Å². The minimum Gasteiger partial charge on any atom is -0.359 e. The highest BCUT2D eigenvalue weighted by Gasteiger charge is 2.29. The molecule has 0 N–H and O–H groups in total. The Labute approximate surface area is 111 Å². The summed E-state index contributed by atoms with van der Waals surface area (Å²) in [4.78, 5) is 3.98. The molecule has 2 aromatic rings. The molecule has 0 aromatic carbocycles. The molecule has 1 fully saturated rings. The van der Waals surface area contributed by atoms with Crippen LogP contribution in [0.5, 0.6) is 0 Å². The van der Waals surface area contributed by atoms with Crippen LogP contribution in [-0.2, 0) is 6.54 Å². The number of nitrogens with zero attached hydrogens (tertiary/aromatic N) is 2. The molecule has 0 amide bonds. The van der Waals surface area contributed by atoms with Crippen molar-refractivity contribution in [2.75, 3.05) is 6.54 Å². The molecule has 0 saturated carbocycles. The molecular formula is C14H18N2OS. The molecule has 3 rings (SSSR count). The van der Waals surface area contributed by atoms with E-state index in [-0.39, 0.29) is 0 Å². The van der Waals surface area contributed by atoms with E-state index in [9.17, 15) is 0 Å². The molecular weight excluding hydrogens is 244 g/mol. The zero-order valence-corrected chi connectivity index (χ0v) is 11.7. The van der Waals surface area contributed by atoms with Crippen molar-refractivity contribution in [3.8, 4) is 0 Å². The zero-order chi connectivity index (χ0) is 12.5. The predicted octanol–water partition coefficient (Wildman–Crippen LogP) is 3.69. The third-order valence-electron chi connectivity index (χ3n) is 3.65. The van der Waals surface area contributed by atoms with Gasteiger partial charge in [0.05, 0.1) is 11.7 Å². The van der Waals surface area contributed by atoms with Crippen molar-refractivity contribution < 1.29 is 4.52 Å². The fourth-order valence-corrected chi connectivity index (χ4v) is 3.56. The van der Waals surface area contributed by atoms with Gasteiger partial charge in [-0.25, -0.2) is 0 Å². The number of thiophene rings is 1. The van der Waals surface area contributed by atoms with Gasteiger partial charge in [-0.2, -0.15) is 0 Å². The quantitative estimate of drug-likeness (QED) is 0.844. The maximum absolute atomic E-state index is 5.44. The first-order valence-electron chi connectivity index (χ1n) is 6.44. The second kappa shape index (κ2) is 4.86. The predicted molar refractivity (Wildman–Crippen MR) is 72.7 cm³/mol. The molecule has 4 heteroatoms. The van der Waals surface area contributed by atoms with Crippen molar-refractivity contribution in [2.24, 2.45) is 0 Å². The van der Waals surface area contributed by atoms with Crippen LogP contribution < -0.4 is 0 Å². The van der Waals surface area contributed by atoms with E-state index in [1.807, 2.05) is 18.3 Å². The fourth-order valence-electron chi connectivity index (χ4n) is 2.63. The molecule has 0 aliphatic carbocycles. The van der Waals surface area contributed by atoms with Gasteiger partial charge in [-0.1, -0.05) is 5.16 Å². The summed E-state index contributed by atoms with van der Waals surface area (Å²) in [5.41, 5.74) is 2.38. The maximum atomic E-state index is 5.44. The van der Waals surface area contributed by atoms with E-state index in [1.165, 1.54) is 23.3 Å². The Kier molecular flexibility index (Phi) is 3.22. The van der Waals surface area contributed by atoms with Crippen LogP contribution in [0.25, 0.3) is 0 Å². The topological polar surface area (TPSA) is 29.3 Å². The van der Waals surface area contributed by atoms with Crippen LogP contribution in [0.3, 0.4) is 0 Å². The summed E-state index contributed by atoms with van der Waals surface area (Å²) in [6.07, 6.45) is 2.42. The van der Waals surface area contributed by atoms with Gasteiger partial charge in [0.15, 0.2) is 5.76 Å². The molecule has 2 aromatic heterocycles. The first-order valence-corrected chi connectivity index (χ1v) is 7.32. The van der Waals surface area contributed by atoms with E-state index in [0.717, 1.165) is 24.5 Å². The Hall–Kier alpha value is -1.13. The van der Waals surface area contributed by atoms with Crippen molar-refractivity contribution in [1.29, 1.82) is 0 Å². The van der Waals surface area contributed by atoms with E-state index in [2.05, 4.69) is 34.5 Å². The molecule has 1 aliphatic rings. The average Bonchev–Trinajstić information content (AvgIpc) is 3.03. The van der Waals surface area contributed by atoms with E-state index >= 15 is 0 Å². The molecule has 3 heterocycles. The van der Waals surface area contributed by atoms with E-state index < -0.39 is 0 Å². The van der Waals surface area contributed by atoms with Gasteiger partial charge in [0.2, 0.25) is 0 Å². The van der Waals surface area contributed by atoms with Crippen LogP contribution in [0.2, 0.25) is 0 Å². The lowest BCUT2D eigenvalue weighted by molar-refractivity contribution is 0.208. The third kappa shape index (κ3) is 2.22. The molecule has 18 heavy (non-hydrogen) atoms. The van der Waals surface area contributed by atoms with Crippen LogP contribution in [0, 0.1) is 13.8 Å². The monoisotopic (exact) mass is 262 g/mol. The standard InChI is InChI=1S/C14H18N2OS/c1-10-5-7-18-14(10)9-16-6-3-4-12(16)13-8-11(2)15-17-13/h5,7-8,12H,3-4,6,9H2,1-2H3.